The van der Waals surface area contributed by atoms with Gasteiger partial charge in [-0.05, 0) is 38.5 Å². The topological polar surface area (TPSA) is 29.3 Å². The SMILES string of the molecule is CCC(C)N(CC)c1ccc(C(N)=S)c(Cl)c1. The molecular weight excluding hydrogens is 252 g/mol. The summed E-state index contributed by atoms with van der Waals surface area (Å²) >= 11 is 11.1. The molecule has 1 unspecified atom stereocenters. The number of rotatable bonds is 5. The summed E-state index contributed by atoms with van der Waals surface area (Å²) in [6.07, 6.45) is 1.10. The molecule has 1 atom stereocenters. The summed E-state index contributed by atoms with van der Waals surface area (Å²) in [5, 5.41) is 0.622. The first-order valence-corrected chi connectivity index (χ1v) is 6.65. The Morgan fingerprint density at radius 3 is 2.53 bits per heavy atom. The Bertz CT molecular complexity index is 406. The highest BCUT2D eigenvalue weighted by atomic mass is 35.5. The van der Waals surface area contributed by atoms with Gasteiger partial charge in [0.15, 0.2) is 0 Å². The van der Waals surface area contributed by atoms with Crippen LogP contribution in [0.5, 0.6) is 0 Å². The highest BCUT2D eigenvalue weighted by molar-refractivity contribution is 7.80. The Labute approximate surface area is 114 Å². The third kappa shape index (κ3) is 3.33. The van der Waals surface area contributed by atoms with Crippen molar-refractivity contribution >= 4 is 34.5 Å². The van der Waals surface area contributed by atoms with E-state index >= 15 is 0 Å². The summed E-state index contributed by atoms with van der Waals surface area (Å²) in [5.41, 5.74) is 7.45. The van der Waals surface area contributed by atoms with Crippen LogP contribution in [0.15, 0.2) is 18.2 Å². The zero-order valence-corrected chi connectivity index (χ0v) is 12.1. The molecule has 2 nitrogen and oxygen atoms in total. The van der Waals surface area contributed by atoms with Crippen molar-refractivity contribution in [1.29, 1.82) is 0 Å². The molecule has 94 valence electrons. The second-order valence-electron chi connectivity index (χ2n) is 4.07. The van der Waals surface area contributed by atoms with Crippen LogP contribution in [0.1, 0.15) is 32.8 Å². The summed E-state index contributed by atoms with van der Waals surface area (Å²) in [4.78, 5) is 2.66. The number of nitrogens with two attached hydrogens (primary N) is 1. The van der Waals surface area contributed by atoms with E-state index < -0.39 is 0 Å². The molecule has 17 heavy (non-hydrogen) atoms. The van der Waals surface area contributed by atoms with E-state index in [1.807, 2.05) is 18.2 Å². The van der Waals surface area contributed by atoms with E-state index in [1.165, 1.54) is 0 Å². The summed E-state index contributed by atoms with van der Waals surface area (Å²) in [7, 11) is 0. The zero-order chi connectivity index (χ0) is 13.0. The van der Waals surface area contributed by atoms with Crippen molar-refractivity contribution < 1.29 is 0 Å². The molecule has 1 aromatic rings. The minimum Gasteiger partial charge on any atom is -0.389 e. The molecule has 1 rings (SSSR count). The highest BCUT2D eigenvalue weighted by Gasteiger charge is 2.13. The van der Waals surface area contributed by atoms with Gasteiger partial charge in [-0.15, -0.1) is 0 Å². The van der Waals surface area contributed by atoms with Crippen molar-refractivity contribution in [3.05, 3.63) is 28.8 Å². The number of halogens is 1. The van der Waals surface area contributed by atoms with Crippen LogP contribution in [0.4, 0.5) is 5.69 Å². The monoisotopic (exact) mass is 270 g/mol. The van der Waals surface area contributed by atoms with Gasteiger partial charge in [0, 0.05) is 23.8 Å². The Balaban J connectivity index is 3.07. The molecule has 0 heterocycles. The first kappa shape index (κ1) is 14.3. The smallest absolute Gasteiger partial charge is 0.105 e. The standard InChI is InChI=1S/C13H19ClN2S/c1-4-9(3)16(5-2)10-6-7-11(13(15)17)12(14)8-10/h6-9H,4-5H2,1-3H3,(H2,15,17). The van der Waals surface area contributed by atoms with E-state index in [9.17, 15) is 0 Å². The van der Waals surface area contributed by atoms with Crippen LogP contribution in [0.2, 0.25) is 5.02 Å². The molecule has 4 heteroatoms. The molecule has 0 aliphatic carbocycles. The molecule has 0 radical (unpaired) electrons. The number of hydrogen-bond acceptors (Lipinski definition) is 2. The maximum Gasteiger partial charge on any atom is 0.105 e. The van der Waals surface area contributed by atoms with E-state index in [-0.39, 0.29) is 0 Å². The zero-order valence-electron chi connectivity index (χ0n) is 10.5. The quantitative estimate of drug-likeness (QED) is 0.829. The lowest BCUT2D eigenvalue weighted by Crippen LogP contribution is -2.32. The minimum absolute atomic E-state index is 0.341. The van der Waals surface area contributed by atoms with E-state index in [2.05, 4.69) is 25.7 Å². The first-order valence-electron chi connectivity index (χ1n) is 5.87. The van der Waals surface area contributed by atoms with Crippen LogP contribution in [-0.2, 0) is 0 Å². The van der Waals surface area contributed by atoms with Crippen molar-refractivity contribution in [3.63, 3.8) is 0 Å². The summed E-state index contributed by atoms with van der Waals surface area (Å²) in [6.45, 7) is 7.48. The van der Waals surface area contributed by atoms with Gasteiger partial charge in [0.1, 0.15) is 4.99 Å². The van der Waals surface area contributed by atoms with Crippen LogP contribution >= 0.6 is 23.8 Å². The van der Waals surface area contributed by atoms with Gasteiger partial charge in [-0.1, -0.05) is 30.7 Å². The summed E-state index contributed by atoms with van der Waals surface area (Å²) < 4.78 is 0. The maximum atomic E-state index is 6.18. The van der Waals surface area contributed by atoms with Crippen LogP contribution in [-0.4, -0.2) is 17.6 Å². The third-order valence-electron chi connectivity index (χ3n) is 3.01. The number of anilines is 1. The molecule has 1 aromatic carbocycles. The highest BCUT2D eigenvalue weighted by Crippen LogP contribution is 2.25. The summed E-state index contributed by atoms with van der Waals surface area (Å²) in [5.74, 6) is 0. The Hall–Kier alpha value is -0.800. The maximum absolute atomic E-state index is 6.18. The van der Waals surface area contributed by atoms with Crippen LogP contribution in [0, 0.1) is 0 Å². The van der Waals surface area contributed by atoms with Gasteiger partial charge in [-0.25, -0.2) is 0 Å². The molecule has 0 saturated heterocycles. The van der Waals surface area contributed by atoms with Gasteiger partial charge in [-0.3, -0.25) is 0 Å². The van der Waals surface area contributed by atoms with Gasteiger partial charge >= 0.3 is 0 Å². The molecule has 0 aliphatic rings. The van der Waals surface area contributed by atoms with E-state index in [1.54, 1.807) is 0 Å². The molecule has 0 aromatic heterocycles. The van der Waals surface area contributed by atoms with Crippen molar-refractivity contribution in [3.8, 4) is 0 Å². The molecule has 2 N–H and O–H groups in total. The molecular formula is C13H19ClN2S. The molecule has 0 aliphatic heterocycles. The molecule has 0 spiro atoms. The predicted molar refractivity (Wildman–Crippen MR) is 80.1 cm³/mol. The van der Waals surface area contributed by atoms with E-state index in [0.717, 1.165) is 24.2 Å². The van der Waals surface area contributed by atoms with Crippen LogP contribution in [0.3, 0.4) is 0 Å². The average molecular weight is 271 g/mol. The Morgan fingerprint density at radius 2 is 2.12 bits per heavy atom. The average Bonchev–Trinajstić information content (AvgIpc) is 2.29. The number of nitrogens with zero attached hydrogens (tertiary/aromatic N) is 1. The van der Waals surface area contributed by atoms with Crippen LogP contribution in [0.25, 0.3) is 0 Å². The predicted octanol–water partition coefficient (Wildman–Crippen LogP) is 3.60. The van der Waals surface area contributed by atoms with Crippen molar-refractivity contribution in [1.82, 2.24) is 0 Å². The van der Waals surface area contributed by atoms with Crippen molar-refractivity contribution in [2.24, 2.45) is 5.73 Å². The fraction of sp³-hybridized carbons (Fsp3) is 0.462. The van der Waals surface area contributed by atoms with Gasteiger partial charge in [0.25, 0.3) is 0 Å². The van der Waals surface area contributed by atoms with Crippen molar-refractivity contribution in [2.45, 2.75) is 33.2 Å². The number of thiocarbonyl (C=S) groups is 1. The van der Waals surface area contributed by atoms with Gasteiger partial charge in [-0.2, -0.15) is 0 Å². The second kappa shape index (κ2) is 6.22. The largest absolute Gasteiger partial charge is 0.389 e. The van der Waals surface area contributed by atoms with Gasteiger partial charge < -0.3 is 10.6 Å². The van der Waals surface area contributed by atoms with Gasteiger partial charge in [0.05, 0.1) is 5.02 Å². The minimum atomic E-state index is 0.341. The van der Waals surface area contributed by atoms with E-state index in [4.69, 9.17) is 29.6 Å². The second-order valence-corrected chi connectivity index (χ2v) is 4.92. The lowest BCUT2D eigenvalue weighted by molar-refractivity contribution is 0.630. The Kier molecular flexibility index (Phi) is 5.22. The summed E-state index contributed by atoms with van der Waals surface area (Å²) in [6, 6.07) is 6.35. The lowest BCUT2D eigenvalue weighted by atomic mass is 10.1. The van der Waals surface area contributed by atoms with E-state index in [0.29, 0.717) is 16.1 Å². The lowest BCUT2D eigenvalue weighted by Gasteiger charge is -2.29. The molecule has 0 amide bonds. The van der Waals surface area contributed by atoms with Gasteiger partial charge in [0.2, 0.25) is 0 Å². The first-order chi connectivity index (χ1) is 8.01. The Morgan fingerprint density at radius 1 is 1.47 bits per heavy atom. The normalized spacial score (nSPS) is 12.2. The fourth-order valence-corrected chi connectivity index (χ4v) is 2.36. The fourth-order valence-electron chi connectivity index (χ4n) is 1.85. The van der Waals surface area contributed by atoms with Crippen molar-refractivity contribution in [2.75, 3.05) is 11.4 Å². The number of hydrogen-bond donors (Lipinski definition) is 1. The van der Waals surface area contributed by atoms with Crippen LogP contribution < -0.4 is 10.6 Å². The third-order valence-corrected chi connectivity index (χ3v) is 3.55. The molecule has 0 saturated carbocycles. The number of benzene rings is 1. The molecule has 0 fully saturated rings. The molecule has 0 bridgehead atoms.